The van der Waals surface area contributed by atoms with E-state index in [0.717, 1.165) is 5.56 Å². The molecule has 0 aliphatic carbocycles. The molecule has 1 amide bonds. The number of carbonyl (C=O) groups is 2. The average Bonchev–Trinajstić information content (AvgIpc) is 2.56. The van der Waals surface area contributed by atoms with Crippen LogP contribution in [-0.2, 0) is 16.1 Å². The number of esters is 1. The summed E-state index contributed by atoms with van der Waals surface area (Å²) in [5.41, 5.74) is 0.630. The predicted molar refractivity (Wildman–Crippen MR) is 83.0 cm³/mol. The van der Waals surface area contributed by atoms with Crippen molar-refractivity contribution in [3.8, 4) is 0 Å². The van der Waals surface area contributed by atoms with Crippen molar-refractivity contribution in [2.24, 2.45) is 0 Å². The van der Waals surface area contributed by atoms with Gasteiger partial charge in [-0.15, -0.1) is 0 Å². The lowest BCUT2D eigenvalue weighted by Crippen LogP contribution is -2.40. The quantitative estimate of drug-likeness (QED) is 0.815. The first-order valence-electron chi connectivity index (χ1n) is 7.02. The number of ether oxygens (including phenoxy) is 1. The molecule has 7 nitrogen and oxygen atoms in total. The van der Waals surface area contributed by atoms with Crippen molar-refractivity contribution in [2.45, 2.75) is 19.5 Å². The zero-order valence-corrected chi connectivity index (χ0v) is 12.9. The van der Waals surface area contributed by atoms with E-state index in [9.17, 15) is 14.4 Å². The summed E-state index contributed by atoms with van der Waals surface area (Å²) in [4.78, 5) is 35.3. The van der Waals surface area contributed by atoms with E-state index in [1.165, 1.54) is 30.8 Å². The van der Waals surface area contributed by atoms with Crippen molar-refractivity contribution in [3.63, 3.8) is 0 Å². The summed E-state index contributed by atoms with van der Waals surface area (Å²) in [5, 5.41) is 6.51. The molecule has 0 radical (unpaired) electrons. The fourth-order valence-corrected chi connectivity index (χ4v) is 1.95. The highest BCUT2D eigenvalue weighted by atomic mass is 16.5. The van der Waals surface area contributed by atoms with E-state index in [0.29, 0.717) is 0 Å². The molecule has 0 aliphatic rings. The summed E-state index contributed by atoms with van der Waals surface area (Å²) in [6, 6.07) is 11.1. The molecule has 1 aromatic heterocycles. The van der Waals surface area contributed by atoms with Gasteiger partial charge in [-0.1, -0.05) is 30.3 Å². The first kappa shape index (κ1) is 16.4. The van der Waals surface area contributed by atoms with Crippen LogP contribution in [0, 0.1) is 0 Å². The molecular formula is C16H17N3O4. The molecule has 1 atom stereocenters. The van der Waals surface area contributed by atoms with E-state index in [2.05, 4.69) is 15.2 Å². The van der Waals surface area contributed by atoms with Crippen LogP contribution in [0.5, 0.6) is 0 Å². The summed E-state index contributed by atoms with van der Waals surface area (Å²) < 4.78 is 5.74. The number of hydrogen-bond acceptors (Lipinski definition) is 5. The van der Waals surface area contributed by atoms with Crippen LogP contribution in [0.15, 0.2) is 47.3 Å². The number of carbonyl (C=O) groups excluding carboxylic acids is 2. The number of rotatable bonds is 5. The Bertz CT molecular complexity index is 755. The standard InChI is InChI=1S/C16H17N3O4/c1-11(16(22)23-2)17-15(21)13-8-9-14(20)19(18-13)10-12-6-4-3-5-7-12/h3-9,11H,10H2,1-2H3,(H,17,21). The van der Waals surface area contributed by atoms with Gasteiger partial charge >= 0.3 is 5.97 Å². The molecule has 120 valence electrons. The number of methoxy groups -OCH3 is 1. The Morgan fingerprint density at radius 3 is 2.57 bits per heavy atom. The lowest BCUT2D eigenvalue weighted by atomic mass is 10.2. The lowest BCUT2D eigenvalue weighted by Gasteiger charge is -2.12. The Hall–Kier alpha value is -2.96. The molecule has 7 heteroatoms. The number of aromatic nitrogens is 2. The van der Waals surface area contributed by atoms with E-state index in [1.807, 2.05) is 30.3 Å². The van der Waals surface area contributed by atoms with E-state index >= 15 is 0 Å². The second-order valence-electron chi connectivity index (χ2n) is 4.92. The monoisotopic (exact) mass is 315 g/mol. The third-order valence-electron chi connectivity index (χ3n) is 3.18. The highest BCUT2D eigenvalue weighted by molar-refractivity contribution is 5.94. The van der Waals surface area contributed by atoms with Crippen molar-refractivity contribution in [2.75, 3.05) is 7.11 Å². The molecule has 1 N–H and O–H groups in total. The van der Waals surface area contributed by atoms with Gasteiger partial charge in [0, 0.05) is 6.07 Å². The summed E-state index contributed by atoms with van der Waals surface area (Å²) in [6.07, 6.45) is 0. The van der Waals surface area contributed by atoms with Gasteiger partial charge in [0.25, 0.3) is 11.5 Å². The SMILES string of the molecule is COC(=O)C(C)NC(=O)c1ccc(=O)n(Cc2ccccc2)n1. The molecule has 0 saturated heterocycles. The Kier molecular flexibility index (Phi) is 5.24. The van der Waals surface area contributed by atoms with E-state index < -0.39 is 17.9 Å². The maximum Gasteiger partial charge on any atom is 0.328 e. The fourth-order valence-electron chi connectivity index (χ4n) is 1.95. The minimum atomic E-state index is -0.802. The lowest BCUT2D eigenvalue weighted by molar-refractivity contribution is -0.142. The predicted octanol–water partition coefficient (Wildman–Crippen LogP) is 0.583. The second-order valence-corrected chi connectivity index (χ2v) is 4.92. The van der Waals surface area contributed by atoms with Crippen molar-refractivity contribution in [1.82, 2.24) is 15.1 Å². The van der Waals surface area contributed by atoms with Gasteiger partial charge < -0.3 is 10.1 Å². The number of nitrogens with zero attached hydrogens (tertiary/aromatic N) is 2. The van der Waals surface area contributed by atoms with Gasteiger partial charge in [0.2, 0.25) is 0 Å². The van der Waals surface area contributed by atoms with Crippen LogP contribution < -0.4 is 10.9 Å². The zero-order chi connectivity index (χ0) is 16.8. The topological polar surface area (TPSA) is 90.3 Å². The van der Waals surface area contributed by atoms with Crippen LogP contribution in [-0.4, -0.2) is 34.8 Å². The smallest absolute Gasteiger partial charge is 0.328 e. The average molecular weight is 315 g/mol. The van der Waals surface area contributed by atoms with Gasteiger partial charge in [-0.2, -0.15) is 5.10 Å². The highest BCUT2D eigenvalue weighted by Crippen LogP contribution is 2.00. The van der Waals surface area contributed by atoms with Crippen molar-refractivity contribution in [3.05, 3.63) is 64.1 Å². The van der Waals surface area contributed by atoms with Crippen molar-refractivity contribution >= 4 is 11.9 Å². The van der Waals surface area contributed by atoms with Gasteiger partial charge in [-0.05, 0) is 18.6 Å². The molecule has 1 aromatic carbocycles. The van der Waals surface area contributed by atoms with Gasteiger partial charge in [0.05, 0.1) is 13.7 Å². The molecule has 0 spiro atoms. The van der Waals surface area contributed by atoms with Crippen LogP contribution in [0.25, 0.3) is 0 Å². The maximum absolute atomic E-state index is 12.1. The molecule has 2 rings (SSSR count). The Labute approximate surface area is 132 Å². The number of hydrogen-bond donors (Lipinski definition) is 1. The van der Waals surface area contributed by atoms with Crippen LogP contribution in [0.2, 0.25) is 0 Å². The molecule has 1 heterocycles. The molecule has 1 unspecified atom stereocenters. The molecular weight excluding hydrogens is 298 g/mol. The summed E-state index contributed by atoms with van der Waals surface area (Å²) >= 11 is 0. The molecule has 2 aromatic rings. The minimum absolute atomic E-state index is 0.0521. The van der Waals surface area contributed by atoms with Crippen LogP contribution in [0.4, 0.5) is 0 Å². The first-order chi connectivity index (χ1) is 11.0. The fraction of sp³-hybridized carbons (Fsp3) is 0.250. The van der Waals surface area contributed by atoms with E-state index in [-0.39, 0.29) is 17.8 Å². The van der Waals surface area contributed by atoms with Crippen molar-refractivity contribution < 1.29 is 14.3 Å². The highest BCUT2D eigenvalue weighted by Gasteiger charge is 2.18. The number of nitrogens with one attached hydrogen (secondary N) is 1. The third kappa shape index (κ3) is 4.26. The molecule has 0 fully saturated rings. The molecule has 0 aliphatic heterocycles. The molecule has 0 saturated carbocycles. The maximum atomic E-state index is 12.1. The Morgan fingerprint density at radius 2 is 1.91 bits per heavy atom. The van der Waals surface area contributed by atoms with Gasteiger partial charge in [-0.25, -0.2) is 9.48 Å². The van der Waals surface area contributed by atoms with Gasteiger partial charge in [0.1, 0.15) is 11.7 Å². The Morgan fingerprint density at radius 1 is 1.22 bits per heavy atom. The summed E-state index contributed by atoms with van der Waals surface area (Å²) in [5.74, 6) is -1.11. The van der Waals surface area contributed by atoms with E-state index in [4.69, 9.17) is 0 Å². The number of benzene rings is 1. The largest absolute Gasteiger partial charge is 0.467 e. The Balaban J connectivity index is 2.18. The van der Waals surface area contributed by atoms with Crippen LogP contribution in [0.1, 0.15) is 23.0 Å². The first-order valence-corrected chi connectivity index (χ1v) is 7.02. The third-order valence-corrected chi connectivity index (χ3v) is 3.18. The zero-order valence-electron chi connectivity index (χ0n) is 12.9. The summed E-state index contributed by atoms with van der Waals surface area (Å²) in [6.45, 7) is 1.76. The van der Waals surface area contributed by atoms with Crippen LogP contribution in [0.3, 0.4) is 0 Å². The molecule has 0 bridgehead atoms. The normalized spacial score (nSPS) is 11.6. The second kappa shape index (κ2) is 7.35. The summed E-state index contributed by atoms with van der Waals surface area (Å²) in [7, 11) is 1.24. The number of amides is 1. The van der Waals surface area contributed by atoms with Crippen LogP contribution >= 0.6 is 0 Å². The van der Waals surface area contributed by atoms with Gasteiger partial charge in [0.15, 0.2) is 0 Å². The van der Waals surface area contributed by atoms with E-state index in [1.54, 1.807) is 0 Å². The minimum Gasteiger partial charge on any atom is -0.467 e. The van der Waals surface area contributed by atoms with Gasteiger partial charge in [-0.3, -0.25) is 9.59 Å². The molecule has 23 heavy (non-hydrogen) atoms. The van der Waals surface area contributed by atoms with Crippen molar-refractivity contribution in [1.29, 1.82) is 0 Å².